The van der Waals surface area contributed by atoms with Gasteiger partial charge in [-0.05, 0) is 0 Å². The van der Waals surface area contributed by atoms with Crippen molar-refractivity contribution in [3.8, 4) is 0 Å². The van der Waals surface area contributed by atoms with E-state index in [2.05, 4.69) is 20.0 Å². The monoisotopic (exact) mass is 107 g/mol. The first-order chi connectivity index (χ1) is 2.56. The van der Waals surface area contributed by atoms with Gasteiger partial charge >= 0.3 is 0 Å². The van der Waals surface area contributed by atoms with Gasteiger partial charge in [-0.3, -0.25) is 0 Å². The molecule has 0 rings (SSSR count). The molecule has 0 aromatic carbocycles. The number of rotatable bonds is 1. The van der Waals surface area contributed by atoms with Crippen LogP contribution in [0.3, 0.4) is 0 Å². The molecule has 0 atom stereocenters. The Hall–Kier alpha value is 0.390. The Morgan fingerprint density at radius 1 is 1.17 bits per heavy atom. The van der Waals surface area contributed by atoms with Crippen molar-refractivity contribution in [3.05, 3.63) is 0 Å². The third-order valence-electron chi connectivity index (χ3n) is 0.548. The molecular formula is C4H12OP+. The standard InChI is InChI=1S/C4H12OP/c1-5-6(2,3)4/h1-4H3/q+1. The molecule has 0 amide bonds. The van der Waals surface area contributed by atoms with Gasteiger partial charge < -0.3 is 0 Å². The second-order valence-corrected chi connectivity index (χ2v) is 6.22. The lowest BCUT2D eigenvalue weighted by molar-refractivity contribution is 0.456. The normalized spacial score (nSPS) is 12.0. The second-order valence-electron chi connectivity index (χ2n) is 2.07. The van der Waals surface area contributed by atoms with Crippen molar-refractivity contribution in [3.63, 3.8) is 0 Å². The molecule has 6 heavy (non-hydrogen) atoms. The lowest BCUT2D eigenvalue weighted by Crippen LogP contribution is -1.84. The summed E-state index contributed by atoms with van der Waals surface area (Å²) in [6, 6.07) is 0. The predicted molar refractivity (Wildman–Crippen MR) is 31.7 cm³/mol. The van der Waals surface area contributed by atoms with Gasteiger partial charge in [-0.15, -0.1) is 0 Å². The van der Waals surface area contributed by atoms with Crippen LogP contribution in [0.4, 0.5) is 0 Å². The van der Waals surface area contributed by atoms with Crippen molar-refractivity contribution in [1.82, 2.24) is 0 Å². The van der Waals surface area contributed by atoms with Gasteiger partial charge in [-0.25, -0.2) is 4.52 Å². The summed E-state index contributed by atoms with van der Waals surface area (Å²) in [5, 5.41) is 0. The molecule has 0 aliphatic rings. The van der Waals surface area contributed by atoms with Crippen LogP contribution < -0.4 is 0 Å². The van der Waals surface area contributed by atoms with Crippen LogP contribution in [0.25, 0.3) is 0 Å². The van der Waals surface area contributed by atoms with E-state index in [-0.39, 0.29) is 0 Å². The van der Waals surface area contributed by atoms with Crippen molar-refractivity contribution in [1.29, 1.82) is 0 Å². The molecule has 0 N–H and O–H groups in total. The van der Waals surface area contributed by atoms with E-state index in [4.69, 9.17) is 4.52 Å². The highest BCUT2D eigenvalue weighted by Gasteiger charge is 2.13. The third-order valence-corrected chi connectivity index (χ3v) is 1.64. The molecule has 1 nitrogen and oxygen atoms in total. The fourth-order valence-corrected chi connectivity index (χ4v) is 0. The lowest BCUT2D eigenvalue weighted by atomic mass is 11.8. The maximum atomic E-state index is 5.05. The summed E-state index contributed by atoms with van der Waals surface area (Å²) in [5.74, 6) is 0. The summed E-state index contributed by atoms with van der Waals surface area (Å²) in [6.45, 7) is 6.40. The van der Waals surface area contributed by atoms with Crippen LogP contribution in [0, 0.1) is 0 Å². The van der Waals surface area contributed by atoms with E-state index in [1.807, 2.05) is 0 Å². The topological polar surface area (TPSA) is 9.23 Å². The summed E-state index contributed by atoms with van der Waals surface area (Å²) >= 11 is 0. The summed E-state index contributed by atoms with van der Waals surface area (Å²) in [4.78, 5) is 0. The largest absolute Gasteiger partial charge is 0.242 e. The van der Waals surface area contributed by atoms with Crippen LogP contribution in [0.15, 0.2) is 0 Å². The molecule has 0 radical (unpaired) electrons. The Morgan fingerprint density at radius 3 is 1.33 bits per heavy atom. The van der Waals surface area contributed by atoms with Crippen LogP contribution in [-0.4, -0.2) is 27.1 Å². The van der Waals surface area contributed by atoms with Gasteiger partial charge in [0.15, 0.2) is 0 Å². The summed E-state index contributed by atoms with van der Waals surface area (Å²) < 4.78 is 5.05. The second kappa shape index (κ2) is 1.90. The van der Waals surface area contributed by atoms with E-state index < -0.39 is 7.49 Å². The van der Waals surface area contributed by atoms with E-state index in [1.54, 1.807) is 7.11 Å². The van der Waals surface area contributed by atoms with E-state index in [0.717, 1.165) is 0 Å². The average Bonchev–Trinajstić information content (AvgIpc) is 1.35. The van der Waals surface area contributed by atoms with E-state index in [9.17, 15) is 0 Å². The Bertz CT molecular complexity index is 37.3. The minimum atomic E-state index is -0.897. The van der Waals surface area contributed by atoms with E-state index >= 15 is 0 Å². The van der Waals surface area contributed by atoms with Gasteiger partial charge in [-0.2, -0.15) is 0 Å². The zero-order valence-electron chi connectivity index (χ0n) is 4.86. The van der Waals surface area contributed by atoms with Gasteiger partial charge in [0, 0.05) is 0 Å². The molecular weight excluding hydrogens is 95.0 g/mol. The van der Waals surface area contributed by atoms with Gasteiger partial charge in [-0.1, -0.05) is 0 Å². The van der Waals surface area contributed by atoms with Crippen molar-refractivity contribution in [2.75, 3.05) is 27.1 Å². The quantitative estimate of drug-likeness (QED) is 0.461. The Labute approximate surface area is 40.1 Å². The minimum Gasteiger partial charge on any atom is -0.242 e. The Kier molecular flexibility index (Phi) is 2.03. The SMILES string of the molecule is CO[P+](C)(C)C. The Balaban J connectivity index is 3.17. The van der Waals surface area contributed by atoms with Gasteiger partial charge in [0.05, 0.1) is 27.1 Å². The molecule has 0 aliphatic carbocycles. The fourth-order valence-electron chi connectivity index (χ4n) is 0. The maximum absolute atomic E-state index is 5.05. The van der Waals surface area contributed by atoms with Crippen molar-refractivity contribution < 1.29 is 4.52 Å². The highest BCUT2D eigenvalue weighted by Crippen LogP contribution is 2.46. The summed E-state index contributed by atoms with van der Waals surface area (Å²) in [7, 11) is 0.861. The lowest BCUT2D eigenvalue weighted by Gasteiger charge is -2.04. The first-order valence-electron chi connectivity index (χ1n) is 1.93. The molecule has 0 aromatic heterocycles. The zero-order valence-corrected chi connectivity index (χ0v) is 5.75. The van der Waals surface area contributed by atoms with Gasteiger partial charge in [0.2, 0.25) is 0 Å². The molecule has 0 saturated heterocycles. The van der Waals surface area contributed by atoms with Crippen LogP contribution in [0.2, 0.25) is 0 Å². The summed E-state index contributed by atoms with van der Waals surface area (Å²) in [5.41, 5.74) is 0. The minimum absolute atomic E-state index is 0.897. The molecule has 38 valence electrons. The van der Waals surface area contributed by atoms with Crippen molar-refractivity contribution in [2.45, 2.75) is 0 Å². The maximum Gasteiger partial charge on any atom is 0.136 e. The summed E-state index contributed by atoms with van der Waals surface area (Å²) in [6.07, 6.45) is 0. The van der Waals surface area contributed by atoms with Gasteiger partial charge in [0.1, 0.15) is 7.49 Å². The highest BCUT2D eigenvalue weighted by atomic mass is 31.2. The van der Waals surface area contributed by atoms with Crippen molar-refractivity contribution >= 4 is 7.49 Å². The molecule has 0 heterocycles. The molecule has 0 aromatic rings. The van der Waals surface area contributed by atoms with E-state index in [1.165, 1.54) is 0 Å². The van der Waals surface area contributed by atoms with Crippen LogP contribution in [0.1, 0.15) is 0 Å². The molecule has 0 fully saturated rings. The molecule has 0 saturated carbocycles. The fraction of sp³-hybridized carbons (Fsp3) is 1.00. The molecule has 0 unspecified atom stereocenters. The zero-order chi connectivity index (χ0) is 5.21. The molecule has 2 heteroatoms. The van der Waals surface area contributed by atoms with Crippen LogP contribution in [-0.2, 0) is 4.52 Å². The predicted octanol–water partition coefficient (Wildman–Crippen LogP) is 1.45. The first kappa shape index (κ1) is 6.39. The first-order valence-corrected chi connectivity index (χ1v) is 4.98. The Morgan fingerprint density at radius 2 is 1.33 bits per heavy atom. The average molecular weight is 107 g/mol. The number of hydrogen-bond donors (Lipinski definition) is 0. The molecule has 0 bridgehead atoms. The molecule has 0 aliphatic heterocycles. The smallest absolute Gasteiger partial charge is 0.136 e. The third kappa shape index (κ3) is 4.39. The van der Waals surface area contributed by atoms with Gasteiger partial charge in [0.25, 0.3) is 0 Å². The van der Waals surface area contributed by atoms with E-state index in [0.29, 0.717) is 0 Å². The van der Waals surface area contributed by atoms with Crippen LogP contribution in [0.5, 0.6) is 0 Å². The van der Waals surface area contributed by atoms with Crippen LogP contribution >= 0.6 is 7.49 Å². The molecule has 0 spiro atoms. The van der Waals surface area contributed by atoms with Crippen molar-refractivity contribution in [2.24, 2.45) is 0 Å². The number of hydrogen-bond acceptors (Lipinski definition) is 1. The highest BCUT2D eigenvalue weighted by molar-refractivity contribution is 7.69.